The molecule has 0 radical (unpaired) electrons. The van der Waals surface area contributed by atoms with Crippen LogP contribution >= 0.6 is 0 Å². The Morgan fingerprint density at radius 2 is 2.36 bits per heavy atom. The lowest BCUT2D eigenvalue weighted by Gasteiger charge is -2.27. The Labute approximate surface area is 129 Å². The minimum atomic E-state index is 0.0857. The number of furan rings is 1. The number of aromatic nitrogens is 1. The molecule has 0 bridgehead atoms. The Morgan fingerprint density at radius 1 is 1.36 bits per heavy atom. The van der Waals surface area contributed by atoms with Gasteiger partial charge in [0.2, 0.25) is 0 Å². The Morgan fingerprint density at radius 3 is 3.18 bits per heavy atom. The Balaban J connectivity index is 1.42. The van der Waals surface area contributed by atoms with Crippen molar-refractivity contribution in [1.82, 2.24) is 9.88 Å². The van der Waals surface area contributed by atoms with E-state index in [1.807, 2.05) is 24.3 Å². The number of ether oxygens (including phenoxy) is 2. The van der Waals surface area contributed by atoms with E-state index in [0.717, 1.165) is 44.4 Å². The summed E-state index contributed by atoms with van der Waals surface area (Å²) in [6.07, 6.45) is 5.25. The molecule has 0 amide bonds. The summed E-state index contributed by atoms with van der Waals surface area (Å²) in [5.74, 6) is 2.37. The summed E-state index contributed by atoms with van der Waals surface area (Å²) in [7, 11) is 0. The van der Waals surface area contributed by atoms with Crippen molar-refractivity contribution < 1.29 is 13.9 Å². The minimum absolute atomic E-state index is 0.0857. The normalized spacial score (nSPS) is 27.9. The summed E-state index contributed by atoms with van der Waals surface area (Å²) < 4.78 is 17.2. The molecular formula is C17H20N2O3. The van der Waals surface area contributed by atoms with Gasteiger partial charge < -0.3 is 13.9 Å². The molecule has 2 fully saturated rings. The maximum absolute atomic E-state index is 5.99. The Bertz CT molecular complexity index is 602. The number of hydrogen-bond acceptors (Lipinski definition) is 5. The molecular weight excluding hydrogens is 280 g/mol. The lowest BCUT2D eigenvalue weighted by Crippen LogP contribution is -2.36. The smallest absolute Gasteiger partial charge is 0.137 e. The van der Waals surface area contributed by atoms with E-state index in [2.05, 4.69) is 9.88 Å². The van der Waals surface area contributed by atoms with Gasteiger partial charge in [0.05, 0.1) is 38.8 Å². The van der Waals surface area contributed by atoms with Gasteiger partial charge in [0.25, 0.3) is 0 Å². The van der Waals surface area contributed by atoms with Crippen molar-refractivity contribution >= 4 is 0 Å². The fraction of sp³-hybridized carbons (Fsp3) is 0.471. The first kappa shape index (κ1) is 13.8. The highest BCUT2D eigenvalue weighted by atomic mass is 16.5. The van der Waals surface area contributed by atoms with E-state index >= 15 is 0 Å². The van der Waals surface area contributed by atoms with E-state index in [4.69, 9.17) is 13.9 Å². The number of nitrogens with zero attached hydrogens (tertiary/aromatic N) is 2. The molecule has 0 saturated carbocycles. The van der Waals surface area contributed by atoms with E-state index in [1.54, 1.807) is 18.7 Å². The van der Waals surface area contributed by atoms with Crippen LogP contribution in [-0.4, -0.2) is 42.8 Å². The number of likely N-dealkylation sites (tertiary alicyclic amines) is 1. The van der Waals surface area contributed by atoms with E-state index in [9.17, 15) is 0 Å². The van der Waals surface area contributed by atoms with Crippen LogP contribution < -0.4 is 4.74 Å². The van der Waals surface area contributed by atoms with E-state index in [-0.39, 0.29) is 5.41 Å². The molecule has 22 heavy (non-hydrogen) atoms. The molecule has 2 atom stereocenters. The lowest BCUT2D eigenvalue weighted by atomic mass is 9.82. The predicted molar refractivity (Wildman–Crippen MR) is 80.5 cm³/mol. The molecule has 2 aromatic rings. The second-order valence-electron chi connectivity index (χ2n) is 6.30. The molecule has 0 unspecified atom stereocenters. The van der Waals surface area contributed by atoms with Gasteiger partial charge in [-0.05, 0) is 24.3 Å². The molecule has 2 aliphatic rings. The van der Waals surface area contributed by atoms with Crippen LogP contribution in [0.2, 0.25) is 0 Å². The fourth-order valence-electron chi connectivity index (χ4n) is 3.55. The zero-order valence-electron chi connectivity index (χ0n) is 12.5. The zero-order valence-corrected chi connectivity index (χ0v) is 12.5. The third-order valence-electron chi connectivity index (χ3n) is 4.71. The predicted octanol–water partition coefficient (Wildman–Crippen LogP) is 2.20. The topological polar surface area (TPSA) is 47.7 Å². The van der Waals surface area contributed by atoms with Gasteiger partial charge in [0.15, 0.2) is 0 Å². The molecule has 4 rings (SSSR count). The molecule has 0 aliphatic carbocycles. The quantitative estimate of drug-likeness (QED) is 0.847. The summed E-state index contributed by atoms with van der Waals surface area (Å²) >= 11 is 0. The van der Waals surface area contributed by atoms with Crippen LogP contribution in [0.4, 0.5) is 0 Å². The van der Waals surface area contributed by atoms with Crippen LogP contribution in [0.15, 0.2) is 47.3 Å². The first-order chi connectivity index (χ1) is 10.8. The molecule has 0 N–H and O–H groups in total. The molecule has 2 saturated heterocycles. The van der Waals surface area contributed by atoms with E-state index < -0.39 is 0 Å². The largest absolute Gasteiger partial charge is 0.491 e. The van der Waals surface area contributed by atoms with Crippen LogP contribution in [0.3, 0.4) is 0 Å². The minimum Gasteiger partial charge on any atom is -0.491 e. The highest BCUT2D eigenvalue weighted by Gasteiger charge is 2.51. The van der Waals surface area contributed by atoms with Crippen molar-refractivity contribution in [3.63, 3.8) is 0 Å². The third kappa shape index (κ3) is 2.62. The summed E-state index contributed by atoms with van der Waals surface area (Å²) in [6.45, 7) is 5.16. The Hall–Kier alpha value is -1.85. The summed E-state index contributed by atoms with van der Waals surface area (Å²) in [5.41, 5.74) is 0.0857. The first-order valence-corrected chi connectivity index (χ1v) is 7.69. The average Bonchev–Trinajstić information content (AvgIpc) is 3.23. The molecule has 5 nitrogen and oxygen atoms in total. The van der Waals surface area contributed by atoms with Gasteiger partial charge >= 0.3 is 0 Å². The molecule has 5 heteroatoms. The van der Waals surface area contributed by atoms with Crippen molar-refractivity contribution in [3.8, 4) is 5.75 Å². The summed E-state index contributed by atoms with van der Waals surface area (Å²) in [6, 6.07) is 7.82. The van der Waals surface area contributed by atoms with Crippen molar-refractivity contribution in [2.45, 2.75) is 6.54 Å². The number of rotatable bonds is 5. The van der Waals surface area contributed by atoms with Gasteiger partial charge in [-0.1, -0.05) is 0 Å². The number of pyridine rings is 1. The number of hydrogen-bond donors (Lipinski definition) is 0. The maximum Gasteiger partial charge on any atom is 0.137 e. The van der Waals surface area contributed by atoms with Crippen LogP contribution in [0.5, 0.6) is 5.75 Å². The van der Waals surface area contributed by atoms with E-state index in [1.165, 1.54) is 0 Å². The fourth-order valence-corrected chi connectivity index (χ4v) is 3.55. The van der Waals surface area contributed by atoms with Gasteiger partial charge in [-0.3, -0.25) is 9.88 Å². The highest BCUT2D eigenvalue weighted by Crippen LogP contribution is 2.42. The van der Waals surface area contributed by atoms with Crippen LogP contribution in [-0.2, 0) is 11.3 Å². The lowest BCUT2D eigenvalue weighted by molar-refractivity contribution is 0.0885. The maximum atomic E-state index is 5.99. The second kappa shape index (κ2) is 5.74. The molecule has 0 spiro atoms. The van der Waals surface area contributed by atoms with Crippen molar-refractivity contribution in [2.75, 3.05) is 32.9 Å². The standard InChI is InChI=1S/C17H20N2O3/c1-3-15(7-18-5-1)22-13-17-11-19(8-14(17)10-20-12-17)9-16-4-2-6-21-16/h1-7,14H,8-13H2/t14-,17+/m1/s1. The molecule has 116 valence electrons. The summed E-state index contributed by atoms with van der Waals surface area (Å²) in [4.78, 5) is 6.54. The van der Waals surface area contributed by atoms with Gasteiger partial charge in [-0.25, -0.2) is 0 Å². The van der Waals surface area contributed by atoms with Crippen LogP contribution in [0, 0.1) is 11.3 Å². The van der Waals surface area contributed by atoms with Gasteiger partial charge in [0.1, 0.15) is 11.5 Å². The molecule has 0 aromatic carbocycles. The first-order valence-electron chi connectivity index (χ1n) is 7.69. The van der Waals surface area contributed by atoms with Gasteiger partial charge in [-0.15, -0.1) is 0 Å². The SMILES string of the molecule is c1cncc(OC[C@]23COC[C@H]2CN(Cc2ccco2)C3)c1. The molecule has 2 aromatic heterocycles. The second-order valence-corrected chi connectivity index (χ2v) is 6.30. The molecule has 2 aliphatic heterocycles. The monoisotopic (exact) mass is 300 g/mol. The average molecular weight is 300 g/mol. The van der Waals surface area contributed by atoms with Gasteiger partial charge in [0, 0.05) is 30.6 Å². The summed E-state index contributed by atoms with van der Waals surface area (Å²) in [5, 5.41) is 0. The van der Waals surface area contributed by atoms with Crippen molar-refractivity contribution in [2.24, 2.45) is 11.3 Å². The number of fused-ring (bicyclic) bond motifs is 1. The van der Waals surface area contributed by atoms with Crippen molar-refractivity contribution in [3.05, 3.63) is 48.7 Å². The van der Waals surface area contributed by atoms with Crippen LogP contribution in [0.1, 0.15) is 5.76 Å². The van der Waals surface area contributed by atoms with Gasteiger partial charge in [-0.2, -0.15) is 0 Å². The zero-order chi connectivity index (χ0) is 14.8. The third-order valence-corrected chi connectivity index (χ3v) is 4.71. The highest BCUT2D eigenvalue weighted by molar-refractivity contribution is 5.16. The van der Waals surface area contributed by atoms with Crippen molar-refractivity contribution in [1.29, 1.82) is 0 Å². The Kier molecular flexibility index (Phi) is 3.60. The van der Waals surface area contributed by atoms with Crippen LogP contribution in [0.25, 0.3) is 0 Å². The molecule has 4 heterocycles. The van der Waals surface area contributed by atoms with E-state index in [0.29, 0.717) is 12.5 Å².